The van der Waals surface area contributed by atoms with Crippen molar-refractivity contribution in [3.63, 3.8) is 0 Å². The minimum Gasteiger partial charge on any atom is -0.506 e. The first-order valence-electron chi connectivity index (χ1n) is 12.7. The van der Waals surface area contributed by atoms with Crippen LogP contribution in [0.2, 0.25) is 0 Å². The Hall–Kier alpha value is -4.53. The number of ether oxygens (including phenoxy) is 4. The lowest BCUT2D eigenvalue weighted by atomic mass is 9.95. The van der Waals surface area contributed by atoms with Crippen molar-refractivity contribution in [2.45, 2.75) is 32.6 Å². The van der Waals surface area contributed by atoms with Crippen LogP contribution in [0.3, 0.4) is 0 Å². The second-order valence-corrected chi connectivity index (χ2v) is 8.94. The van der Waals surface area contributed by atoms with Gasteiger partial charge in [0.15, 0.2) is 11.6 Å². The van der Waals surface area contributed by atoms with E-state index < -0.39 is 17.1 Å². The molecule has 0 unspecified atom stereocenters. The van der Waals surface area contributed by atoms with Gasteiger partial charge in [-0.3, -0.25) is 9.79 Å². The summed E-state index contributed by atoms with van der Waals surface area (Å²) in [6.45, 7) is 10.1. The zero-order valence-electron chi connectivity index (χ0n) is 23.5. The molecule has 0 spiro atoms. The molecule has 2 N–H and O–H groups in total. The second-order valence-electron chi connectivity index (χ2n) is 8.94. The monoisotopic (exact) mass is 550 g/mol. The van der Waals surface area contributed by atoms with Crippen LogP contribution in [0.4, 0.5) is 4.39 Å². The third kappa shape index (κ3) is 6.20. The molecule has 3 aromatic rings. The molecule has 40 heavy (non-hydrogen) atoms. The van der Waals surface area contributed by atoms with Crippen molar-refractivity contribution in [3.8, 4) is 34.1 Å². The van der Waals surface area contributed by atoms with Crippen LogP contribution in [-0.4, -0.2) is 44.4 Å². The van der Waals surface area contributed by atoms with E-state index in [0.29, 0.717) is 29.9 Å². The molecule has 0 fully saturated rings. The maximum atomic E-state index is 14.8. The van der Waals surface area contributed by atoms with Gasteiger partial charge in [-0.2, -0.15) is 0 Å². The zero-order chi connectivity index (χ0) is 29.4. The largest absolute Gasteiger partial charge is 0.506 e. The Kier molecular flexibility index (Phi) is 10.1. The van der Waals surface area contributed by atoms with Crippen molar-refractivity contribution >= 4 is 11.5 Å². The van der Waals surface area contributed by atoms with E-state index in [9.17, 15) is 14.3 Å². The van der Waals surface area contributed by atoms with Crippen molar-refractivity contribution in [2.24, 2.45) is 4.99 Å². The minimum atomic E-state index is -0.657. The quantitative estimate of drug-likeness (QED) is 0.157. The summed E-state index contributed by atoms with van der Waals surface area (Å²) in [4.78, 5) is 20.3. The van der Waals surface area contributed by atoms with Crippen molar-refractivity contribution in [3.05, 3.63) is 88.3 Å². The first-order chi connectivity index (χ1) is 19.2. The molecule has 2 aromatic carbocycles. The molecule has 9 heteroatoms. The Morgan fingerprint density at radius 3 is 2.35 bits per heavy atom. The number of nitrogens with zero attached hydrogens (tertiary/aromatic N) is 1. The average molecular weight is 551 g/mol. The Bertz CT molecular complexity index is 1490. The smallest absolute Gasteiger partial charge is 0.264 e. The summed E-state index contributed by atoms with van der Waals surface area (Å²) in [7, 11) is 5.73. The highest BCUT2D eigenvalue weighted by Gasteiger charge is 2.29. The number of H-pyrrole nitrogens is 1. The third-order valence-electron chi connectivity index (χ3n) is 6.35. The van der Waals surface area contributed by atoms with E-state index in [0.717, 1.165) is 12.0 Å². The number of unbranched alkanes of at least 4 members (excludes halogenated alkanes) is 1. The van der Waals surface area contributed by atoms with Gasteiger partial charge in [0, 0.05) is 24.7 Å². The van der Waals surface area contributed by atoms with Crippen molar-refractivity contribution in [1.82, 2.24) is 4.98 Å². The maximum absolute atomic E-state index is 14.8. The molecule has 1 heterocycles. The highest BCUT2D eigenvalue weighted by Crippen LogP contribution is 2.46. The average Bonchev–Trinajstić information content (AvgIpc) is 2.95. The molecule has 0 aliphatic carbocycles. The van der Waals surface area contributed by atoms with Crippen molar-refractivity contribution < 1.29 is 28.4 Å². The molecule has 0 atom stereocenters. The molecule has 0 radical (unpaired) electrons. The molecule has 212 valence electrons. The van der Waals surface area contributed by atoms with Crippen molar-refractivity contribution in [2.75, 3.05) is 28.4 Å². The summed E-state index contributed by atoms with van der Waals surface area (Å²) in [6.07, 6.45) is 2.13. The van der Waals surface area contributed by atoms with E-state index in [1.807, 2.05) is 31.2 Å². The SMILES string of the molecule is C=C(CC(=C)c1ccccc1OC)OC(=NC)c1c(O)c(-c2c(OC)ccc(F)c2OC)c(CCCC)[nH]c1=O. The number of pyridine rings is 1. The van der Waals surface area contributed by atoms with E-state index in [1.165, 1.54) is 33.4 Å². The second kappa shape index (κ2) is 13.5. The van der Waals surface area contributed by atoms with Gasteiger partial charge in [0.05, 0.1) is 32.5 Å². The topological polar surface area (TPSA) is 102 Å². The predicted molar refractivity (Wildman–Crippen MR) is 155 cm³/mol. The number of aryl methyl sites for hydroxylation is 1. The van der Waals surface area contributed by atoms with Crippen LogP contribution in [0, 0.1) is 5.82 Å². The van der Waals surface area contributed by atoms with Crippen LogP contribution in [0.15, 0.2) is 65.1 Å². The number of aliphatic imine (C=N–C) groups is 1. The fourth-order valence-corrected chi connectivity index (χ4v) is 4.44. The summed E-state index contributed by atoms with van der Waals surface area (Å²) < 4.78 is 37.0. The van der Waals surface area contributed by atoms with Gasteiger partial charge in [-0.15, -0.1) is 0 Å². The Labute approximate surface area is 233 Å². The molecule has 0 bridgehead atoms. The molecule has 0 amide bonds. The van der Waals surface area contributed by atoms with E-state index in [4.69, 9.17) is 18.9 Å². The number of aromatic hydroxyl groups is 1. The number of nitrogens with one attached hydrogen (secondary N) is 1. The number of benzene rings is 2. The number of aromatic nitrogens is 1. The normalized spacial score (nSPS) is 11.2. The lowest BCUT2D eigenvalue weighted by Gasteiger charge is -2.20. The van der Waals surface area contributed by atoms with Crippen LogP contribution in [-0.2, 0) is 11.2 Å². The maximum Gasteiger partial charge on any atom is 0.264 e. The van der Waals surface area contributed by atoms with Gasteiger partial charge in [0.2, 0.25) is 5.90 Å². The summed E-state index contributed by atoms with van der Waals surface area (Å²) in [5.74, 6) is -0.299. The van der Waals surface area contributed by atoms with Crippen LogP contribution in [0.5, 0.6) is 23.0 Å². The van der Waals surface area contributed by atoms with Gasteiger partial charge in [0.25, 0.3) is 5.56 Å². The fourth-order valence-electron chi connectivity index (χ4n) is 4.44. The van der Waals surface area contributed by atoms with Gasteiger partial charge >= 0.3 is 0 Å². The van der Waals surface area contributed by atoms with Gasteiger partial charge in [-0.05, 0) is 36.6 Å². The predicted octanol–water partition coefficient (Wildman–Crippen LogP) is 6.27. The number of methoxy groups -OCH3 is 3. The van der Waals surface area contributed by atoms with Gasteiger partial charge < -0.3 is 29.0 Å². The lowest BCUT2D eigenvalue weighted by Crippen LogP contribution is -2.23. The van der Waals surface area contributed by atoms with Gasteiger partial charge in [-0.1, -0.05) is 44.7 Å². The van der Waals surface area contributed by atoms with E-state index in [1.54, 1.807) is 7.11 Å². The summed E-state index contributed by atoms with van der Waals surface area (Å²) in [5.41, 5.74) is 1.29. The van der Waals surface area contributed by atoms with Crippen LogP contribution in [0.1, 0.15) is 43.0 Å². The Balaban J connectivity index is 2.11. The van der Waals surface area contributed by atoms with E-state index in [2.05, 4.69) is 23.1 Å². The molecule has 8 nitrogen and oxygen atoms in total. The zero-order valence-corrected chi connectivity index (χ0v) is 23.5. The van der Waals surface area contributed by atoms with Crippen LogP contribution >= 0.6 is 0 Å². The van der Waals surface area contributed by atoms with Crippen LogP contribution < -0.4 is 19.8 Å². The van der Waals surface area contributed by atoms with Crippen LogP contribution in [0.25, 0.3) is 16.7 Å². The number of aromatic amines is 1. The number of halogens is 1. The lowest BCUT2D eigenvalue weighted by molar-refractivity contribution is 0.375. The first kappa shape index (κ1) is 30.0. The molecule has 0 aliphatic heterocycles. The summed E-state index contributed by atoms with van der Waals surface area (Å²) >= 11 is 0. The molecule has 0 saturated carbocycles. The molecular formula is C31H35FN2O6. The third-order valence-corrected chi connectivity index (χ3v) is 6.35. The molecule has 0 aliphatic rings. The number of hydrogen-bond donors (Lipinski definition) is 2. The number of allylic oxidation sites excluding steroid dienone is 1. The molecular weight excluding hydrogens is 515 g/mol. The van der Waals surface area contributed by atoms with Gasteiger partial charge in [0.1, 0.15) is 28.6 Å². The highest BCUT2D eigenvalue weighted by atomic mass is 19.1. The molecule has 3 rings (SSSR count). The van der Waals surface area contributed by atoms with Gasteiger partial charge in [-0.25, -0.2) is 4.39 Å². The standard InChI is InChI=1S/C31H35FN2O6/c1-8-9-13-22-25(26-24(38-6)16-15-21(32)29(26)39-7)28(35)27(30(36)34-22)31(33-4)40-19(3)17-18(2)20-12-10-11-14-23(20)37-5/h10-12,14-16H,2-3,8-9,13,17H2,1,4-7H3,(H2,34,35,36). The number of rotatable bonds is 12. The summed E-state index contributed by atoms with van der Waals surface area (Å²) in [6, 6.07) is 10.0. The minimum absolute atomic E-state index is 0.140. The molecule has 0 saturated heterocycles. The van der Waals surface area contributed by atoms with Crippen molar-refractivity contribution in [1.29, 1.82) is 0 Å². The fraction of sp³-hybridized carbons (Fsp3) is 0.290. The Morgan fingerprint density at radius 2 is 1.73 bits per heavy atom. The number of para-hydroxylation sites is 1. The van der Waals surface area contributed by atoms with E-state index >= 15 is 0 Å². The number of hydrogen-bond acceptors (Lipinski definition) is 7. The summed E-state index contributed by atoms with van der Waals surface area (Å²) in [5, 5.41) is 11.6. The molecule has 1 aromatic heterocycles. The van der Waals surface area contributed by atoms with E-state index in [-0.39, 0.29) is 46.3 Å². The first-order valence-corrected chi connectivity index (χ1v) is 12.7. The highest BCUT2D eigenvalue weighted by molar-refractivity contribution is 6.00. The Morgan fingerprint density at radius 1 is 1.02 bits per heavy atom.